The van der Waals surface area contributed by atoms with Crippen LogP contribution in [0.4, 0.5) is 0 Å². The Balaban J connectivity index is 2.72. The van der Waals surface area contributed by atoms with E-state index in [1.807, 2.05) is 13.8 Å². The van der Waals surface area contributed by atoms with E-state index in [1.54, 1.807) is 25.3 Å². The lowest BCUT2D eigenvalue weighted by Crippen LogP contribution is -2.32. The molecule has 0 aliphatic rings. The van der Waals surface area contributed by atoms with E-state index in [2.05, 4.69) is 0 Å². The van der Waals surface area contributed by atoms with Crippen LogP contribution in [-0.2, 0) is 4.74 Å². The second-order valence-corrected chi connectivity index (χ2v) is 4.84. The molecule has 5 nitrogen and oxygen atoms in total. The Hall–Kier alpha value is -1.24. The van der Waals surface area contributed by atoms with E-state index >= 15 is 0 Å². The highest BCUT2D eigenvalue weighted by Crippen LogP contribution is 2.18. The van der Waals surface area contributed by atoms with Gasteiger partial charge in [-0.3, -0.25) is 0 Å². The fraction of sp³-hybridized carbons (Fsp3) is 0.538. The summed E-state index contributed by atoms with van der Waals surface area (Å²) in [5, 5.41) is 18.7. The van der Waals surface area contributed by atoms with Gasteiger partial charge in [-0.25, -0.2) is 0 Å². The fourth-order valence-corrected chi connectivity index (χ4v) is 1.50. The van der Waals surface area contributed by atoms with Gasteiger partial charge in [-0.05, 0) is 32.0 Å². The zero-order chi connectivity index (χ0) is 14.5. The Morgan fingerprint density at radius 2 is 1.89 bits per heavy atom. The first-order valence-corrected chi connectivity index (χ1v) is 6.11. The van der Waals surface area contributed by atoms with Crippen molar-refractivity contribution < 1.29 is 24.3 Å². The second kappa shape index (κ2) is 6.79. The maximum Gasteiger partial charge on any atom is 0.492 e. The molecule has 1 rings (SSSR count). The molecule has 0 unspecified atom stereocenters. The van der Waals surface area contributed by atoms with Crippen molar-refractivity contribution in [3.05, 3.63) is 18.2 Å². The van der Waals surface area contributed by atoms with Crippen LogP contribution < -0.4 is 14.9 Å². The normalized spacial score (nSPS) is 11.3. The van der Waals surface area contributed by atoms with Crippen LogP contribution in [0, 0.1) is 0 Å². The van der Waals surface area contributed by atoms with Crippen LogP contribution >= 0.6 is 0 Å². The summed E-state index contributed by atoms with van der Waals surface area (Å²) in [4.78, 5) is 0. The molecule has 0 aliphatic carbocycles. The Morgan fingerprint density at radius 3 is 2.42 bits per heavy atom. The van der Waals surface area contributed by atoms with Gasteiger partial charge in [0.05, 0.1) is 19.3 Å². The van der Waals surface area contributed by atoms with Gasteiger partial charge in [0.2, 0.25) is 0 Å². The molecule has 0 amide bonds. The maximum atomic E-state index is 9.33. The Kier molecular flexibility index (Phi) is 5.66. The first-order chi connectivity index (χ1) is 8.89. The Labute approximate surface area is 114 Å². The minimum absolute atomic E-state index is 0.273. The van der Waals surface area contributed by atoms with Gasteiger partial charge in [0, 0.05) is 19.0 Å². The topological polar surface area (TPSA) is 68.2 Å². The van der Waals surface area contributed by atoms with E-state index in [0.29, 0.717) is 24.5 Å². The van der Waals surface area contributed by atoms with Crippen molar-refractivity contribution in [1.29, 1.82) is 0 Å². The summed E-state index contributed by atoms with van der Waals surface area (Å²) >= 11 is 0. The molecule has 0 aliphatic heterocycles. The quantitative estimate of drug-likeness (QED) is 0.707. The predicted molar refractivity (Wildman–Crippen MR) is 74.0 cm³/mol. The van der Waals surface area contributed by atoms with Gasteiger partial charge >= 0.3 is 7.12 Å². The van der Waals surface area contributed by atoms with Crippen molar-refractivity contribution in [2.75, 3.05) is 20.8 Å². The minimum atomic E-state index is -1.60. The Morgan fingerprint density at radius 1 is 1.21 bits per heavy atom. The van der Waals surface area contributed by atoms with E-state index < -0.39 is 7.12 Å². The van der Waals surface area contributed by atoms with Crippen LogP contribution in [0.3, 0.4) is 0 Å². The molecule has 6 heteroatoms. The molecule has 0 spiro atoms. The zero-order valence-corrected chi connectivity index (χ0v) is 11.8. The van der Waals surface area contributed by atoms with Crippen molar-refractivity contribution in [2.24, 2.45) is 0 Å². The summed E-state index contributed by atoms with van der Waals surface area (Å²) in [6.07, 6.45) is 0.691. The second-order valence-electron chi connectivity index (χ2n) is 4.84. The molecule has 0 bridgehead atoms. The molecule has 19 heavy (non-hydrogen) atoms. The van der Waals surface area contributed by atoms with Crippen LogP contribution in [0.5, 0.6) is 11.5 Å². The highest BCUT2D eigenvalue weighted by atomic mass is 16.5. The van der Waals surface area contributed by atoms with Crippen molar-refractivity contribution in [2.45, 2.75) is 25.9 Å². The van der Waals surface area contributed by atoms with E-state index in [-0.39, 0.29) is 11.1 Å². The first kappa shape index (κ1) is 15.8. The molecule has 0 atom stereocenters. The summed E-state index contributed by atoms with van der Waals surface area (Å²) in [6.45, 7) is 4.35. The molecular formula is C13H21BO5. The third kappa shape index (κ3) is 4.74. The third-order valence-electron chi connectivity index (χ3n) is 3.01. The monoisotopic (exact) mass is 268 g/mol. The average molecular weight is 268 g/mol. The van der Waals surface area contributed by atoms with Gasteiger partial charge in [-0.1, -0.05) is 0 Å². The molecule has 0 fully saturated rings. The van der Waals surface area contributed by atoms with Crippen molar-refractivity contribution in [1.82, 2.24) is 0 Å². The van der Waals surface area contributed by atoms with Crippen LogP contribution in [-0.4, -0.2) is 43.6 Å². The lowest BCUT2D eigenvalue weighted by atomic mass is 9.79. The van der Waals surface area contributed by atoms with Gasteiger partial charge in [0.1, 0.15) is 11.5 Å². The van der Waals surface area contributed by atoms with Gasteiger partial charge in [-0.15, -0.1) is 0 Å². The van der Waals surface area contributed by atoms with Gasteiger partial charge in [0.15, 0.2) is 0 Å². The summed E-state index contributed by atoms with van der Waals surface area (Å²) in [7, 11) is 1.57. The summed E-state index contributed by atoms with van der Waals surface area (Å²) in [5.74, 6) is 0.982. The summed E-state index contributed by atoms with van der Waals surface area (Å²) in [6, 6.07) is 4.91. The molecule has 2 N–H and O–H groups in total. The average Bonchev–Trinajstić information content (AvgIpc) is 2.38. The largest absolute Gasteiger partial charge is 0.497 e. The molecular weight excluding hydrogens is 247 g/mol. The number of hydrogen-bond acceptors (Lipinski definition) is 5. The van der Waals surface area contributed by atoms with E-state index in [1.165, 1.54) is 7.11 Å². The van der Waals surface area contributed by atoms with Crippen LogP contribution in [0.2, 0.25) is 0 Å². The Bertz CT molecular complexity index is 406. The van der Waals surface area contributed by atoms with Crippen LogP contribution in [0.25, 0.3) is 0 Å². The molecule has 1 aromatic rings. The molecule has 0 saturated heterocycles. The maximum absolute atomic E-state index is 9.33. The lowest BCUT2D eigenvalue weighted by Gasteiger charge is -2.23. The summed E-state index contributed by atoms with van der Waals surface area (Å²) in [5.41, 5.74) is 0.0133. The standard InChI is InChI=1S/C13H21BO5/c1-13(2,18-4)7-8-19-12-6-5-10(17-3)9-11(12)14(15)16/h5-6,9,15-16H,7-8H2,1-4H3. The zero-order valence-electron chi connectivity index (χ0n) is 11.8. The molecule has 0 aromatic heterocycles. The number of hydrogen-bond donors (Lipinski definition) is 2. The van der Waals surface area contributed by atoms with Crippen LogP contribution in [0.1, 0.15) is 20.3 Å². The number of ether oxygens (including phenoxy) is 3. The third-order valence-corrected chi connectivity index (χ3v) is 3.01. The van der Waals surface area contributed by atoms with E-state index in [4.69, 9.17) is 14.2 Å². The smallest absolute Gasteiger partial charge is 0.492 e. The SMILES string of the molecule is COc1ccc(OCCC(C)(C)OC)c(B(O)O)c1. The molecule has 0 radical (unpaired) electrons. The first-order valence-electron chi connectivity index (χ1n) is 6.11. The number of methoxy groups -OCH3 is 2. The highest BCUT2D eigenvalue weighted by molar-refractivity contribution is 6.59. The minimum Gasteiger partial charge on any atom is -0.497 e. The van der Waals surface area contributed by atoms with Crippen molar-refractivity contribution >= 4 is 12.6 Å². The van der Waals surface area contributed by atoms with Crippen molar-refractivity contribution in [3.63, 3.8) is 0 Å². The van der Waals surface area contributed by atoms with Crippen LogP contribution in [0.15, 0.2) is 18.2 Å². The molecule has 0 saturated carbocycles. The summed E-state index contributed by atoms with van der Waals surface area (Å²) < 4.78 is 15.9. The number of benzene rings is 1. The van der Waals surface area contributed by atoms with E-state index in [0.717, 1.165) is 0 Å². The predicted octanol–water partition coefficient (Wildman–Crippen LogP) is 0.569. The molecule has 1 aromatic carbocycles. The number of rotatable bonds is 7. The van der Waals surface area contributed by atoms with Gasteiger partial charge < -0.3 is 24.3 Å². The lowest BCUT2D eigenvalue weighted by molar-refractivity contribution is 0.00552. The van der Waals surface area contributed by atoms with Gasteiger partial charge in [0.25, 0.3) is 0 Å². The fourth-order valence-electron chi connectivity index (χ4n) is 1.50. The van der Waals surface area contributed by atoms with Gasteiger partial charge in [-0.2, -0.15) is 0 Å². The van der Waals surface area contributed by atoms with E-state index in [9.17, 15) is 10.0 Å². The van der Waals surface area contributed by atoms with Crippen molar-refractivity contribution in [3.8, 4) is 11.5 Å². The molecule has 106 valence electrons. The molecule has 0 heterocycles. The highest BCUT2D eigenvalue weighted by Gasteiger charge is 2.20.